The lowest BCUT2D eigenvalue weighted by Crippen LogP contribution is -1.95. The summed E-state index contributed by atoms with van der Waals surface area (Å²) < 4.78 is 31.9. The van der Waals surface area contributed by atoms with Gasteiger partial charge in [-0.05, 0) is 42.8 Å². The van der Waals surface area contributed by atoms with Gasteiger partial charge in [0, 0.05) is 0 Å². The molecule has 2 aromatic rings. The fraction of sp³-hybridized carbons (Fsp3) is 0.143. The molecule has 0 amide bonds. The quantitative estimate of drug-likeness (QED) is 0.901. The van der Waals surface area contributed by atoms with E-state index in [0.717, 1.165) is 6.07 Å². The second kappa shape index (κ2) is 5.55. The Bertz CT molecular complexity index is 600. The minimum absolute atomic E-state index is 0.0436. The van der Waals surface area contributed by atoms with Gasteiger partial charge in [-0.3, -0.25) is 0 Å². The fourth-order valence-electron chi connectivity index (χ4n) is 1.54. The van der Waals surface area contributed by atoms with E-state index in [4.69, 9.17) is 16.3 Å². The van der Waals surface area contributed by atoms with Crippen LogP contribution in [0.5, 0.6) is 11.5 Å². The first-order valence-electron chi connectivity index (χ1n) is 5.58. The molecule has 2 nitrogen and oxygen atoms in total. The monoisotopic (exact) mass is 284 g/mol. The molecule has 2 rings (SSSR count). The average Bonchev–Trinajstić information content (AvgIpc) is 2.34. The molecule has 0 saturated heterocycles. The van der Waals surface area contributed by atoms with E-state index in [1.165, 1.54) is 31.2 Å². The van der Waals surface area contributed by atoms with Crippen LogP contribution in [-0.2, 0) is 0 Å². The maximum atomic E-state index is 13.8. The third kappa shape index (κ3) is 3.22. The highest BCUT2D eigenvalue weighted by atomic mass is 35.5. The first-order valence-corrected chi connectivity index (χ1v) is 5.95. The molecule has 0 bridgehead atoms. The van der Waals surface area contributed by atoms with E-state index in [1.807, 2.05) is 0 Å². The zero-order chi connectivity index (χ0) is 14.0. The van der Waals surface area contributed by atoms with Crippen molar-refractivity contribution in [1.82, 2.24) is 0 Å². The van der Waals surface area contributed by atoms with Gasteiger partial charge >= 0.3 is 0 Å². The van der Waals surface area contributed by atoms with E-state index < -0.39 is 17.7 Å². The molecule has 0 aromatic heterocycles. The van der Waals surface area contributed by atoms with Crippen LogP contribution in [0.25, 0.3) is 0 Å². The van der Waals surface area contributed by atoms with Gasteiger partial charge in [0.2, 0.25) is 0 Å². The number of hydrogen-bond donors (Lipinski definition) is 1. The van der Waals surface area contributed by atoms with Crippen LogP contribution in [0.1, 0.15) is 18.6 Å². The van der Waals surface area contributed by atoms with Gasteiger partial charge in [0.05, 0.1) is 11.1 Å². The van der Waals surface area contributed by atoms with E-state index >= 15 is 0 Å². The summed E-state index contributed by atoms with van der Waals surface area (Å²) in [4.78, 5) is 0. The van der Waals surface area contributed by atoms with E-state index in [-0.39, 0.29) is 16.5 Å². The van der Waals surface area contributed by atoms with E-state index in [2.05, 4.69) is 0 Å². The second-order valence-electron chi connectivity index (χ2n) is 4.04. The number of halogens is 3. The normalized spacial score (nSPS) is 12.3. The number of hydrogen-bond acceptors (Lipinski definition) is 2. The third-order valence-corrected chi connectivity index (χ3v) is 2.85. The molecule has 100 valence electrons. The van der Waals surface area contributed by atoms with Crippen LogP contribution in [0, 0.1) is 11.6 Å². The standard InChI is InChI=1S/C14H11ClF2O2/c1-8(18)9-2-4-14(12(17)6-9)19-13-5-3-10(16)7-11(13)15/h2-8,18H,1H3/t8-/m1/s1. The summed E-state index contributed by atoms with van der Waals surface area (Å²) >= 11 is 5.79. The van der Waals surface area contributed by atoms with Crippen molar-refractivity contribution in [1.29, 1.82) is 0 Å². The summed E-state index contributed by atoms with van der Waals surface area (Å²) in [5.41, 5.74) is 0.440. The Balaban J connectivity index is 2.28. The molecular weight excluding hydrogens is 274 g/mol. The lowest BCUT2D eigenvalue weighted by molar-refractivity contribution is 0.198. The minimum atomic E-state index is -0.766. The maximum Gasteiger partial charge on any atom is 0.166 e. The van der Waals surface area contributed by atoms with Crippen LogP contribution in [0.2, 0.25) is 5.02 Å². The fourth-order valence-corrected chi connectivity index (χ4v) is 1.74. The van der Waals surface area contributed by atoms with Crippen molar-refractivity contribution >= 4 is 11.6 Å². The summed E-state index contributed by atoms with van der Waals surface area (Å²) in [6.07, 6.45) is -0.766. The molecule has 0 aliphatic heterocycles. The van der Waals surface area contributed by atoms with Crippen molar-refractivity contribution in [2.24, 2.45) is 0 Å². The molecule has 0 saturated carbocycles. The lowest BCUT2D eigenvalue weighted by atomic mass is 10.1. The number of benzene rings is 2. The van der Waals surface area contributed by atoms with Crippen LogP contribution < -0.4 is 4.74 Å². The summed E-state index contributed by atoms with van der Waals surface area (Å²) in [7, 11) is 0. The Morgan fingerprint density at radius 3 is 2.37 bits per heavy atom. The van der Waals surface area contributed by atoms with E-state index in [9.17, 15) is 13.9 Å². The lowest BCUT2D eigenvalue weighted by Gasteiger charge is -2.10. The predicted molar refractivity (Wildman–Crippen MR) is 68.5 cm³/mol. The summed E-state index contributed by atoms with van der Waals surface area (Å²) in [6, 6.07) is 7.68. The zero-order valence-electron chi connectivity index (χ0n) is 10.0. The number of ether oxygens (including phenoxy) is 1. The number of aliphatic hydroxyl groups excluding tert-OH is 1. The van der Waals surface area contributed by atoms with Crippen LogP contribution in [-0.4, -0.2) is 5.11 Å². The number of aliphatic hydroxyl groups is 1. The van der Waals surface area contributed by atoms with E-state index in [1.54, 1.807) is 6.07 Å². The summed E-state index contributed by atoms with van der Waals surface area (Å²) in [6.45, 7) is 1.53. The Kier molecular flexibility index (Phi) is 4.02. The highest BCUT2D eigenvalue weighted by molar-refractivity contribution is 6.32. The van der Waals surface area contributed by atoms with Gasteiger partial charge in [-0.1, -0.05) is 17.7 Å². The van der Waals surface area contributed by atoms with Crippen molar-refractivity contribution in [3.63, 3.8) is 0 Å². The highest BCUT2D eigenvalue weighted by Crippen LogP contribution is 2.32. The van der Waals surface area contributed by atoms with Gasteiger partial charge in [0.25, 0.3) is 0 Å². The van der Waals surface area contributed by atoms with Gasteiger partial charge in [0.1, 0.15) is 11.6 Å². The first kappa shape index (κ1) is 13.8. The zero-order valence-corrected chi connectivity index (χ0v) is 10.8. The summed E-state index contributed by atoms with van der Waals surface area (Å²) in [5, 5.41) is 9.39. The third-order valence-electron chi connectivity index (χ3n) is 2.55. The Labute approximate surface area is 114 Å². The maximum absolute atomic E-state index is 13.8. The Hall–Kier alpha value is -1.65. The largest absolute Gasteiger partial charge is 0.453 e. The molecule has 0 aliphatic carbocycles. The van der Waals surface area contributed by atoms with Crippen molar-refractivity contribution in [2.75, 3.05) is 0 Å². The molecule has 5 heteroatoms. The van der Waals surface area contributed by atoms with Crippen molar-refractivity contribution in [3.8, 4) is 11.5 Å². The van der Waals surface area contributed by atoms with Crippen LogP contribution in [0.15, 0.2) is 36.4 Å². The molecule has 19 heavy (non-hydrogen) atoms. The molecule has 1 N–H and O–H groups in total. The smallest absolute Gasteiger partial charge is 0.166 e. The molecule has 0 aliphatic rings. The highest BCUT2D eigenvalue weighted by Gasteiger charge is 2.11. The van der Waals surface area contributed by atoms with Gasteiger partial charge < -0.3 is 9.84 Å². The molecule has 0 unspecified atom stereocenters. The molecule has 1 atom stereocenters. The molecule has 0 spiro atoms. The predicted octanol–water partition coefficient (Wildman–Crippen LogP) is 4.46. The van der Waals surface area contributed by atoms with E-state index in [0.29, 0.717) is 5.56 Å². The topological polar surface area (TPSA) is 29.5 Å². The van der Waals surface area contributed by atoms with Gasteiger partial charge in [-0.25, -0.2) is 8.78 Å². The molecule has 0 heterocycles. The van der Waals surface area contributed by atoms with Crippen LogP contribution >= 0.6 is 11.6 Å². The first-order chi connectivity index (χ1) is 8.97. The molecule has 2 aromatic carbocycles. The molecule has 0 radical (unpaired) electrons. The summed E-state index contributed by atoms with van der Waals surface area (Å²) in [5.74, 6) is -1.01. The van der Waals surface area contributed by atoms with Crippen LogP contribution in [0.4, 0.5) is 8.78 Å². The van der Waals surface area contributed by atoms with Gasteiger partial charge in [0.15, 0.2) is 11.6 Å². The molecule has 0 fully saturated rings. The van der Waals surface area contributed by atoms with Gasteiger partial charge in [-0.2, -0.15) is 0 Å². The van der Waals surface area contributed by atoms with Crippen molar-refractivity contribution in [3.05, 3.63) is 58.6 Å². The SMILES string of the molecule is C[C@@H](O)c1ccc(Oc2ccc(F)cc2Cl)c(F)c1. The molecular formula is C14H11ClF2O2. The minimum Gasteiger partial charge on any atom is -0.453 e. The average molecular weight is 285 g/mol. The van der Waals surface area contributed by atoms with Crippen molar-refractivity contribution in [2.45, 2.75) is 13.0 Å². The Morgan fingerprint density at radius 1 is 1.11 bits per heavy atom. The van der Waals surface area contributed by atoms with Crippen molar-refractivity contribution < 1.29 is 18.6 Å². The number of rotatable bonds is 3. The van der Waals surface area contributed by atoms with Gasteiger partial charge in [-0.15, -0.1) is 0 Å². The van der Waals surface area contributed by atoms with Crippen LogP contribution in [0.3, 0.4) is 0 Å². The second-order valence-corrected chi connectivity index (χ2v) is 4.45. The Morgan fingerprint density at radius 2 is 1.79 bits per heavy atom.